The number of benzene rings is 2. The summed E-state index contributed by atoms with van der Waals surface area (Å²) < 4.78 is 0. The summed E-state index contributed by atoms with van der Waals surface area (Å²) in [6.07, 6.45) is 18.5. The van der Waals surface area contributed by atoms with Gasteiger partial charge in [-0.3, -0.25) is 0 Å². The summed E-state index contributed by atoms with van der Waals surface area (Å²) in [5, 5.41) is 8.46. The summed E-state index contributed by atoms with van der Waals surface area (Å²) in [6.45, 7) is 6.08. The molecule has 0 aliphatic heterocycles. The molecule has 0 radical (unpaired) electrons. The quantitative estimate of drug-likeness (QED) is 0.153. The van der Waals surface area contributed by atoms with Crippen molar-refractivity contribution in [2.75, 3.05) is 0 Å². The lowest BCUT2D eigenvalue weighted by Gasteiger charge is -2.28. The maximum Gasteiger partial charge on any atom is 0.0568 e. The third-order valence-electron chi connectivity index (χ3n) is 6.54. The van der Waals surface area contributed by atoms with Gasteiger partial charge in [-0.1, -0.05) is 74.4 Å². The van der Waals surface area contributed by atoms with Crippen molar-refractivity contribution in [1.29, 1.82) is 0 Å². The number of hydrogen-bond acceptors (Lipinski definition) is 2. The van der Waals surface area contributed by atoms with Crippen LogP contribution in [0.15, 0.2) is 71.4 Å². The summed E-state index contributed by atoms with van der Waals surface area (Å²) >= 11 is 0. The molecule has 2 nitrogen and oxygen atoms in total. The number of hydrogen-bond donors (Lipinski definition) is 0. The van der Waals surface area contributed by atoms with Gasteiger partial charge in [0.25, 0.3) is 0 Å². The third kappa shape index (κ3) is 7.94. The maximum absolute atomic E-state index is 4.24. The molecule has 0 unspecified atom stereocenters. The Morgan fingerprint density at radius 3 is 2.03 bits per heavy atom. The largest absolute Gasteiger partial charge is 0.159 e. The molecule has 3 rings (SSSR count). The first-order chi connectivity index (χ1) is 15.3. The standard InChI is InChI=1S/C29H38N2/c1-3-5-6-7-9-25-10-12-26(13-11-25)22-30-31-23-27-16-20-29(21-17-27)28-18-14-24(8-4-2)15-19-28/h3,10-13,16-17,20-24,28H,1,4-9,14-15,18-19H2,2H3. The number of rotatable bonds is 11. The fourth-order valence-electron chi connectivity index (χ4n) is 4.64. The molecule has 1 aliphatic rings. The lowest BCUT2D eigenvalue weighted by molar-refractivity contribution is 0.308. The van der Waals surface area contributed by atoms with Crippen LogP contribution in [-0.2, 0) is 6.42 Å². The van der Waals surface area contributed by atoms with Crippen LogP contribution in [0.1, 0.15) is 92.9 Å². The lowest BCUT2D eigenvalue weighted by Crippen LogP contribution is -2.13. The first kappa shape index (κ1) is 23.2. The van der Waals surface area contributed by atoms with E-state index in [0.717, 1.165) is 35.8 Å². The normalized spacial score (nSPS) is 19.3. The Kier molecular flexibility index (Phi) is 9.76. The van der Waals surface area contributed by atoms with E-state index in [0.29, 0.717) is 0 Å². The van der Waals surface area contributed by atoms with Crippen molar-refractivity contribution in [3.05, 3.63) is 83.4 Å². The molecule has 1 aliphatic carbocycles. The fourth-order valence-corrected chi connectivity index (χ4v) is 4.64. The van der Waals surface area contributed by atoms with Gasteiger partial charge in [0.15, 0.2) is 0 Å². The van der Waals surface area contributed by atoms with E-state index in [1.54, 1.807) is 0 Å². The Morgan fingerprint density at radius 1 is 0.839 bits per heavy atom. The Bertz CT molecular complexity index is 822. The van der Waals surface area contributed by atoms with Gasteiger partial charge in [0.1, 0.15) is 0 Å². The molecule has 0 heterocycles. The van der Waals surface area contributed by atoms with Gasteiger partial charge in [-0.2, -0.15) is 10.2 Å². The van der Waals surface area contributed by atoms with Crippen LogP contribution in [0.3, 0.4) is 0 Å². The van der Waals surface area contributed by atoms with Crippen LogP contribution in [0.2, 0.25) is 0 Å². The van der Waals surface area contributed by atoms with Crippen molar-refractivity contribution in [1.82, 2.24) is 0 Å². The van der Waals surface area contributed by atoms with Gasteiger partial charge in [-0.15, -0.1) is 6.58 Å². The summed E-state index contributed by atoms with van der Waals surface area (Å²) in [7, 11) is 0. The fraction of sp³-hybridized carbons (Fsp3) is 0.448. The molecule has 1 fully saturated rings. The van der Waals surface area contributed by atoms with E-state index < -0.39 is 0 Å². The average Bonchev–Trinajstić information content (AvgIpc) is 2.82. The van der Waals surface area contributed by atoms with Crippen LogP contribution in [0.25, 0.3) is 0 Å². The van der Waals surface area contributed by atoms with Gasteiger partial charge in [0.2, 0.25) is 0 Å². The Hall–Kier alpha value is -2.48. The molecular formula is C29H38N2. The van der Waals surface area contributed by atoms with E-state index in [9.17, 15) is 0 Å². The molecule has 2 aromatic carbocycles. The number of aryl methyl sites for hydroxylation is 1. The van der Waals surface area contributed by atoms with Gasteiger partial charge >= 0.3 is 0 Å². The Morgan fingerprint density at radius 2 is 1.45 bits per heavy atom. The predicted molar refractivity (Wildman–Crippen MR) is 135 cm³/mol. The second kappa shape index (κ2) is 13.0. The van der Waals surface area contributed by atoms with Crippen molar-refractivity contribution in [3.8, 4) is 0 Å². The minimum absolute atomic E-state index is 0.738. The summed E-state index contributed by atoms with van der Waals surface area (Å²) in [5.74, 6) is 1.70. The summed E-state index contributed by atoms with van der Waals surface area (Å²) in [6, 6.07) is 17.5. The first-order valence-electron chi connectivity index (χ1n) is 12.1. The van der Waals surface area contributed by atoms with Crippen molar-refractivity contribution >= 4 is 12.4 Å². The molecule has 0 bridgehead atoms. The van der Waals surface area contributed by atoms with E-state index in [1.165, 1.54) is 62.5 Å². The summed E-state index contributed by atoms with van der Waals surface area (Å²) in [4.78, 5) is 0. The third-order valence-corrected chi connectivity index (χ3v) is 6.54. The first-order valence-corrected chi connectivity index (χ1v) is 12.1. The van der Waals surface area contributed by atoms with E-state index in [2.05, 4.69) is 72.2 Å². The molecule has 0 aromatic heterocycles. The molecule has 0 saturated heterocycles. The van der Waals surface area contributed by atoms with Gasteiger partial charge in [-0.25, -0.2) is 0 Å². The molecule has 0 spiro atoms. The highest BCUT2D eigenvalue weighted by Crippen LogP contribution is 2.37. The maximum atomic E-state index is 4.24. The highest BCUT2D eigenvalue weighted by atomic mass is 15.2. The van der Waals surface area contributed by atoms with Crippen molar-refractivity contribution in [3.63, 3.8) is 0 Å². The molecule has 0 atom stereocenters. The molecule has 0 N–H and O–H groups in total. The van der Waals surface area contributed by atoms with Crippen molar-refractivity contribution < 1.29 is 0 Å². The SMILES string of the molecule is C=CCCCCc1ccc(C=NN=Cc2ccc(C3CCC(CCC)CC3)cc2)cc1. The van der Waals surface area contributed by atoms with Crippen molar-refractivity contribution in [2.24, 2.45) is 16.1 Å². The second-order valence-corrected chi connectivity index (χ2v) is 8.94. The molecule has 2 heteroatoms. The van der Waals surface area contributed by atoms with Crippen molar-refractivity contribution in [2.45, 2.75) is 77.0 Å². The zero-order valence-corrected chi connectivity index (χ0v) is 19.2. The van der Waals surface area contributed by atoms with Crippen LogP contribution < -0.4 is 0 Å². The van der Waals surface area contributed by atoms with Crippen LogP contribution in [0, 0.1) is 5.92 Å². The molecular weight excluding hydrogens is 376 g/mol. The van der Waals surface area contributed by atoms with Gasteiger partial charge in [0, 0.05) is 0 Å². The number of nitrogens with zero attached hydrogens (tertiary/aromatic N) is 2. The smallest absolute Gasteiger partial charge is 0.0568 e. The van der Waals surface area contributed by atoms with Crippen LogP contribution >= 0.6 is 0 Å². The average molecular weight is 415 g/mol. The van der Waals surface area contributed by atoms with E-state index in [-0.39, 0.29) is 0 Å². The second-order valence-electron chi connectivity index (χ2n) is 8.94. The lowest BCUT2D eigenvalue weighted by atomic mass is 9.77. The molecule has 164 valence electrons. The van der Waals surface area contributed by atoms with Crippen LogP contribution in [0.5, 0.6) is 0 Å². The molecule has 31 heavy (non-hydrogen) atoms. The van der Waals surface area contributed by atoms with Gasteiger partial charge < -0.3 is 0 Å². The predicted octanol–water partition coefficient (Wildman–Crippen LogP) is 8.11. The van der Waals surface area contributed by atoms with Gasteiger partial charge in [-0.05, 0) is 85.5 Å². The monoisotopic (exact) mass is 414 g/mol. The topological polar surface area (TPSA) is 24.7 Å². The minimum atomic E-state index is 0.738. The Labute approximate surface area is 189 Å². The summed E-state index contributed by atoms with van der Waals surface area (Å²) in [5.41, 5.74) is 5.06. The molecule has 2 aromatic rings. The van der Waals surface area contributed by atoms with Gasteiger partial charge in [0.05, 0.1) is 12.4 Å². The van der Waals surface area contributed by atoms with E-state index in [4.69, 9.17) is 0 Å². The highest BCUT2D eigenvalue weighted by molar-refractivity contribution is 5.82. The van der Waals surface area contributed by atoms with E-state index >= 15 is 0 Å². The van der Waals surface area contributed by atoms with E-state index in [1.807, 2.05) is 18.5 Å². The van der Waals surface area contributed by atoms with Crippen LogP contribution in [-0.4, -0.2) is 12.4 Å². The molecule has 1 saturated carbocycles. The zero-order chi connectivity index (χ0) is 21.7. The number of allylic oxidation sites excluding steroid dienone is 1. The molecule has 0 amide bonds. The highest BCUT2D eigenvalue weighted by Gasteiger charge is 2.21. The Balaban J connectivity index is 1.44. The zero-order valence-electron chi connectivity index (χ0n) is 19.2. The van der Waals surface area contributed by atoms with Crippen LogP contribution in [0.4, 0.5) is 0 Å². The number of unbranched alkanes of at least 4 members (excludes halogenated alkanes) is 2. The minimum Gasteiger partial charge on any atom is -0.159 e.